The SMILES string of the molecule is COc1ccc(Cl)cc1NCc1cc(C)ccc1O. The highest BCUT2D eigenvalue weighted by atomic mass is 35.5. The van der Waals surface area contributed by atoms with Crippen LogP contribution in [0.1, 0.15) is 11.1 Å². The summed E-state index contributed by atoms with van der Waals surface area (Å²) in [6.07, 6.45) is 0. The van der Waals surface area contributed by atoms with Crippen LogP contribution in [0.3, 0.4) is 0 Å². The largest absolute Gasteiger partial charge is 0.508 e. The van der Waals surface area contributed by atoms with Crippen molar-refractivity contribution in [1.29, 1.82) is 0 Å². The van der Waals surface area contributed by atoms with Crippen molar-refractivity contribution in [2.45, 2.75) is 13.5 Å². The number of methoxy groups -OCH3 is 1. The first-order chi connectivity index (χ1) is 9.10. The van der Waals surface area contributed by atoms with E-state index in [1.165, 1.54) is 0 Å². The molecule has 0 aromatic heterocycles. The smallest absolute Gasteiger partial charge is 0.142 e. The van der Waals surface area contributed by atoms with Gasteiger partial charge in [-0.25, -0.2) is 0 Å². The number of ether oxygens (including phenoxy) is 1. The van der Waals surface area contributed by atoms with Crippen LogP contribution in [0.5, 0.6) is 11.5 Å². The standard InChI is InChI=1S/C15H16ClNO2/c1-10-3-5-14(18)11(7-10)9-17-13-8-12(16)4-6-15(13)19-2/h3-8,17-18H,9H2,1-2H3. The number of benzene rings is 2. The second-order valence-corrected chi connectivity index (χ2v) is 4.77. The molecule has 2 N–H and O–H groups in total. The van der Waals surface area contributed by atoms with E-state index in [0.29, 0.717) is 11.6 Å². The molecule has 0 spiro atoms. The maximum Gasteiger partial charge on any atom is 0.142 e. The number of aromatic hydroxyl groups is 1. The van der Waals surface area contributed by atoms with Gasteiger partial charge in [0.05, 0.1) is 12.8 Å². The number of aryl methyl sites for hydroxylation is 1. The van der Waals surface area contributed by atoms with Crippen molar-refractivity contribution in [3.05, 3.63) is 52.5 Å². The Morgan fingerprint density at radius 2 is 2.00 bits per heavy atom. The Balaban J connectivity index is 2.18. The molecule has 0 unspecified atom stereocenters. The van der Waals surface area contributed by atoms with Gasteiger partial charge in [-0.2, -0.15) is 0 Å². The minimum atomic E-state index is 0.277. The summed E-state index contributed by atoms with van der Waals surface area (Å²) in [6.45, 7) is 2.49. The van der Waals surface area contributed by atoms with E-state index in [1.54, 1.807) is 31.4 Å². The molecular formula is C15H16ClNO2. The lowest BCUT2D eigenvalue weighted by molar-refractivity contribution is 0.416. The zero-order valence-electron chi connectivity index (χ0n) is 10.9. The number of phenols is 1. The number of halogens is 1. The molecule has 0 saturated heterocycles. The second kappa shape index (κ2) is 5.85. The molecule has 0 aliphatic rings. The van der Waals surface area contributed by atoms with E-state index in [-0.39, 0.29) is 5.75 Å². The van der Waals surface area contributed by atoms with E-state index in [1.807, 2.05) is 19.1 Å². The Morgan fingerprint density at radius 3 is 2.74 bits per heavy atom. The molecule has 0 bridgehead atoms. The number of anilines is 1. The van der Waals surface area contributed by atoms with E-state index in [4.69, 9.17) is 16.3 Å². The van der Waals surface area contributed by atoms with Gasteiger partial charge < -0.3 is 15.2 Å². The van der Waals surface area contributed by atoms with Gasteiger partial charge in [0.25, 0.3) is 0 Å². The maximum absolute atomic E-state index is 9.80. The Labute approximate surface area is 117 Å². The normalized spacial score (nSPS) is 10.3. The molecule has 0 amide bonds. The van der Waals surface area contributed by atoms with Gasteiger partial charge in [-0.15, -0.1) is 0 Å². The van der Waals surface area contributed by atoms with Crippen LogP contribution in [-0.2, 0) is 6.54 Å². The summed E-state index contributed by atoms with van der Waals surface area (Å²) >= 11 is 5.97. The number of rotatable bonds is 4. The molecule has 0 aliphatic carbocycles. The van der Waals surface area contributed by atoms with Crippen molar-refractivity contribution in [3.63, 3.8) is 0 Å². The average Bonchev–Trinajstić information content (AvgIpc) is 2.40. The number of nitrogens with one attached hydrogen (secondary N) is 1. The molecule has 0 heterocycles. The highest BCUT2D eigenvalue weighted by molar-refractivity contribution is 6.30. The van der Waals surface area contributed by atoms with Gasteiger partial charge in [0.15, 0.2) is 0 Å². The third kappa shape index (κ3) is 3.32. The van der Waals surface area contributed by atoms with Gasteiger partial charge in [-0.3, -0.25) is 0 Å². The lowest BCUT2D eigenvalue weighted by atomic mass is 10.1. The third-order valence-corrected chi connectivity index (χ3v) is 3.10. The van der Waals surface area contributed by atoms with Crippen molar-refractivity contribution in [1.82, 2.24) is 0 Å². The summed E-state index contributed by atoms with van der Waals surface area (Å²) in [7, 11) is 1.61. The van der Waals surface area contributed by atoms with Crippen LogP contribution in [0, 0.1) is 6.92 Å². The van der Waals surface area contributed by atoms with Crippen LogP contribution >= 0.6 is 11.6 Å². The summed E-state index contributed by atoms with van der Waals surface area (Å²) in [6, 6.07) is 10.9. The summed E-state index contributed by atoms with van der Waals surface area (Å²) in [5, 5.41) is 13.7. The molecule has 0 radical (unpaired) electrons. The molecule has 100 valence electrons. The molecule has 0 saturated carbocycles. The lowest BCUT2D eigenvalue weighted by Gasteiger charge is -2.12. The quantitative estimate of drug-likeness (QED) is 0.888. The van der Waals surface area contributed by atoms with Gasteiger partial charge in [-0.1, -0.05) is 29.3 Å². The maximum atomic E-state index is 9.80. The van der Waals surface area contributed by atoms with Crippen LogP contribution < -0.4 is 10.1 Å². The topological polar surface area (TPSA) is 41.5 Å². The lowest BCUT2D eigenvalue weighted by Crippen LogP contribution is -2.02. The Hall–Kier alpha value is -1.87. The van der Waals surface area contributed by atoms with E-state index < -0.39 is 0 Å². The molecule has 0 aliphatic heterocycles. The van der Waals surface area contributed by atoms with Crippen molar-refractivity contribution in [2.75, 3.05) is 12.4 Å². The van der Waals surface area contributed by atoms with Gasteiger partial charge in [0, 0.05) is 17.1 Å². The molecular weight excluding hydrogens is 262 g/mol. The molecule has 3 nitrogen and oxygen atoms in total. The molecule has 0 atom stereocenters. The number of phenolic OH excluding ortho intramolecular Hbond substituents is 1. The molecule has 4 heteroatoms. The van der Waals surface area contributed by atoms with Crippen molar-refractivity contribution >= 4 is 17.3 Å². The number of hydrogen-bond acceptors (Lipinski definition) is 3. The van der Waals surface area contributed by atoms with Crippen LogP contribution in [0.2, 0.25) is 5.02 Å². The fourth-order valence-electron chi connectivity index (χ4n) is 1.86. The summed E-state index contributed by atoms with van der Waals surface area (Å²) in [5.74, 6) is 0.996. The van der Waals surface area contributed by atoms with Crippen molar-refractivity contribution < 1.29 is 9.84 Å². The minimum absolute atomic E-state index is 0.277. The predicted octanol–water partition coefficient (Wildman–Crippen LogP) is 3.97. The molecule has 2 aromatic rings. The Kier molecular flexibility index (Phi) is 4.17. The summed E-state index contributed by atoms with van der Waals surface area (Å²) < 4.78 is 5.26. The average molecular weight is 278 g/mol. The predicted molar refractivity (Wildman–Crippen MR) is 78.2 cm³/mol. The minimum Gasteiger partial charge on any atom is -0.508 e. The fourth-order valence-corrected chi connectivity index (χ4v) is 2.04. The summed E-state index contributed by atoms with van der Waals surface area (Å²) in [4.78, 5) is 0. The van der Waals surface area contributed by atoms with Gasteiger partial charge >= 0.3 is 0 Å². The molecule has 2 aromatic carbocycles. The molecule has 2 rings (SSSR count). The second-order valence-electron chi connectivity index (χ2n) is 4.33. The first-order valence-corrected chi connectivity index (χ1v) is 6.34. The van der Waals surface area contributed by atoms with Gasteiger partial charge in [0.2, 0.25) is 0 Å². The Bertz CT molecular complexity index is 584. The van der Waals surface area contributed by atoms with E-state index in [0.717, 1.165) is 22.6 Å². The zero-order valence-corrected chi connectivity index (χ0v) is 11.7. The first kappa shape index (κ1) is 13.6. The van der Waals surface area contributed by atoms with E-state index >= 15 is 0 Å². The summed E-state index contributed by atoms with van der Waals surface area (Å²) in [5.41, 5.74) is 2.74. The fraction of sp³-hybridized carbons (Fsp3) is 0.200. The Morgan fingerprint density at radius 1 is 1.21 bits per heavy atom. The zero-order chi connectivity index (χ0) is 13.8. The molecule has 0 fully saturated rings. The monoisotopic (exact) mass is 277 g/mol. The third-order valence-electron chi connectivity index (χ3n) is 2.87. The highest BCUT2D eigenvalue weighted by Gasteiger charge is 2.06. The van der Waals surface area contributed by atoms with Gasteiger partial charge in [0.1, 0.15) is 11.5 Å². The van der Waals surface area contributed by atoms with Crippen LogP contribution in [-0.4, -0.2) is 12.2 Å². The first-order valence-electron chi connectivity index (χ1n) is 5.96. The van der Waals surface area contributed by atoms with Crippen LogP contribution in [0.25, 0.3) is 0 Å². The van der Waals surface area contributed by atoms with Crippen LogP contribution in [0.4, 0.5) is 5.69 Å². The van der Waals surface area contributed by atoms with E-state index in [2.05, 4.69) is 5.32 Å². The number of hydrogen-bond donors (Lipinski definition) is 2. The van der Waals surface area contributed by atoms with E-state index in [9.17, 15) is 5.11 Å². The van der Waals surface area contributed by atoms with Crippen molar-refractivity contribution in [2.24, 2.45) is 0 Å². The van der Waals surface area contributed by atoms with Gasteiger partial charge in [-0.05, 0) is 31.2 Å². The highest BCUT2D eigenvalue weighted by Crippen LogP contribution is 2.29. The van der Waals surface area contributed by atoms with Crippen LogP contribution in [0.15, 0.2) is 36.4 Å². The molecule has 19 heavy (non-hydrogen) atoms. The van der Waals surface area contributed by atoms with Crippen molar-refractivity contribution in [3.8, 4) is 11.5 Å².